The van der Waals surface area contributed by atoms with Crippen LogP contribution in [-0.4, -0.2) is 21.8 Å². The van der Waals surface area contributed by atoms with Crippen LogP contribution in [-0.2, 0) is 9.59 Å². The van der Waals surface area contributed by atoms with Crippen molar-refractivity contribution in [1.29, 1.82) is 0 Å². The fourth-order valence-corrected chi connectivity index (χ4v) is 3.00. The average Bonchev–Trinajstić information content (AvgIpc) is 3.10. The van der Waals surface area contributed by atoms with Gasteiger partial charge in [0.25, 0.3) is 0 Å². The molecule has 1 heterocycles. The van der Waals surface area contributed by atoms with Crippen molar-refractivity contribution in [2.45, 2.75) is 39.0 Å². The number of amides is 2. The van der Waals surface area contributed by atoms with Gasteiger partial charge in [0, 0.05) is 17.4 Å². The lowest BCUT2D eigenvalue weighted by molar-refractivity contribution is -0.119. The lowest BCUT2D eigenvalue weighted by Gasteiger charge is -2.14. The molecule has 24 heavy (non-hydrogen) atoms. The Labute approximate surface area is 145 Å². The molecule has 6 nitrogen and oxygen atoms in total. The van der Waals surface area contributed by atoms with Crippen LogP contribution in [0.1, 0.15) is 39.0 Å². The van der Waals surface area contributed by atoms with Gasteiger partial charge in [-0.15, -0.1) is 0 Å². The van der Waals surface area contributed by atoms with Crippen LogP contribution in [0.5, 0.6) is 0 Å². The number of carbonyl (C=O) groups excluding carboxylic acids is 2. The zero-order valence-corrected chi connectivity index (χ0v) is 14.2. The molecule has 0 saturated heterocycles. The van der Waals surface area contributed by atoms with Crippen LogP contribution in [0, 0.1) is 5.92 Å². The number of hydrogen-bond acceptors (Lipinski definition) is 4. The van der Waals surface area contributed by atoms with Crippen molar-refractivity contribution in [1.82, 2.24) is 9.97 Å². The second-order valence-corrected chi connectivity index (χ2v) is 6.36. The Bertz CT molecular complexity index is 787. The van der Waals surface area contributed by atoms with Crippen molar-refractivity contribution in [2.24, 2.45) is 5.92 Å². The predicted molar refractivity (Wildman–Crippen MR) is 94.1 cm³/mol. The van der Waals surface area contributed by atoms with Gasteiger partial charge in [-0.2, -0.15) is 0 Å². The number of benzene rings is 1. The van der Waals surface area contributed by atoms with E-state index in [4.69, 9.17) is 11.6 Å². The number of aromatic nitrogens is 2. The Morgan fingerprint density at radius 3 is 2.50 bits per heavy atom. The Kier molecular flexibility index (Phi) is 4.94. The molecule has 3 rings (SSSR count). The maximum atomic E-state index is 12.4. The van der Waals surface area contributed by atoms with Gasteiger partial charge in [-0.3, -0.25) is 9.59 Å². The molecule has 0 radical (unpaired) electrons. The third kappa shape index (κ3) is 3.64. The molecule has 1 aliphatic carbocycles. The zero-order valence-electron chi connectivity index (χ0n) is 13.4. The largest absolute Gasteiger partial charge is 0.308 e. The number of anilines is 2. The minimum atomic E-state index is -0.193. The molecule has 0 spiro atoms. The highest BCUT2D eigenvalue weighted by Crippen LogP contribution is 2.28. The van der Waals surface area contributed by atoms with E-state index in [1.54, 1.807) is 25.1 Å². The Morgan fingerprint density at radius 2 is 1.79 bits per heavy atom. The number of carbonyl (C=O) groups is 2. The van der Waals surface area contributed by atoms with Crippen LogP contribution in [0.25, 0.3) is 11.0 Å². The first-order chi connectivity index (χ1) is 11.6. The van der Waals surface area contributed by atoms with E-state index in [1.165, 1.54) is 0 Å². The molecule has 0 aliphatic heterocycles. The fraction of sp³-hybridized carbons (Fsp3) is 0.412. The lowest BCUT2D eigenvalue weighted by atomic mass is 10.1. The summed E-state index contributed by atoms with van der Waals surface area (Å²) in [6.07, 6.45) is 4.22. The Balaban J connectivity index is 1.95. The van der Waals surface area contributed by atoms with Crippen LogP contribution in [0.4, 0.5) is 11.6 Å². The van der Waals surface area contributed by atoms with Crippen molar-refractivity contribution in [3.05, 3.63) is 23.2 Å². The highest BCUT2D eigenvalue weighted by atomic mass is 35.5. The standard InChI is InChI=1S/C17H19ClN4O2/c1-2-14(23)21-15-16(22-17(24)10-5-3-4-6-10)19-12-8-7-11(18)9-13(12)20-15/h7-10H,2-6H2,1H3,(H,19,22,24)(H,20,21,23). The van der Waals surface area contributed by atoms with Gasteiger partial charge in [0.1, 0.15) is 0 Å². The van der Waals surface area contributed by atoms with Crippen LogP contribution in [0.3, 0.4) is 0 Å². The first-order valence-corrected chi connectivity index (χ1v) is 8.52. The maximum Gasteiger partial charge on any atom is 0.228 e. The molecule has 1 fully saturated rings. The van der Waals surface area contributed by atoms with E-state index < -0.39 is 0 Å². The summed E-state index contributed by atoms with van der Waals surface area (Å²) >= 11 is 5.99. The first kappa shape index (κ1) is 16.6. The summed E-state index contributed by atoms with van der Waals surface area (Å²) in [5, 5.41) is 6.06. The summed E-state index contributed by atoms with van der Waals surface area (Å²) in [5.41, 5.74) is 1.17. The Hall–Kier alpha value is -2.21. The van der Waals surface area contributed by atoms with E-state index in [0.29, 0.717) is 22.5 Å². The Morgan fingerprint density at radius 1 is 1.12 bits per heavy atom. The molecule has 0 unspecified atom stereocenters. The molecule has 0 bridgehead atoms. The van der Waals surface area contributed by atoms with Crippen LogP contribution in [0.15, 0.2) is 18.2 Å². The van der Waals surface area contributed by atoms with Crippen LogP contribution < -0.4 is 10.6 Å². The first-order valence-electron chi connectivity index (χ1n) is 8.15. The SMILES string of the molecule is CCC(=O)Nc1nc2cc(Cl)ccc2nc1NC(=O)C1CCCC1. The number of hydrogen-bond donors (Lipinski definition) is 2. The molecule has 2 N–H and O–H groups in total. The summed E-state index contributed by atoms with van der Waals surface area (Å²) in [6.45, 7) is 1.75. The number of halogens is 1. The van der Waals surface area contributed by atoms with Gasteiger partial charge in [0.15, 0.2) is 11.6 Å². The number of nitrogens with one attached hydrogen (secondary N) is 2. The van der Waals surface area contributed by atoms with Crippen molar-refractivity contribution >= 4 is 46.1 Å². The molecule has 1 aliphatic rings. The molecule has 1 aromatic heterocycles. The maximum absolute atomic E-state index is 12.4. The highest BCUT2D eigenvalue weighted by molar-refractivity contribution is 6.31. The smallest absolute Gasteiger partial charge is 0.228 e. The normalized spacial score (nSPS) is 14.8. The van der Waals surface area contributed by atoms with Gasteiger partial charge in [-0.05, 0) is 31.0 Å². The second-order valence-electron chi connectivity index (χ2n) is 5.93. The minimum Gasteiger partial charge on any atom is -0.308 e. The summed E-state index contributed by atoms with van der Waals surface area (Å²) < 4.78 is 0. The summed E-state index contributed by atoms with van der Waals surface area (Å²) in [6, 6.07) is 5.13. The van der Waals surface area contributed by atoms with E-state index in [2.05, 4.69) is 20.6 Å². The third-order valence-electron chi connectivity index (χ3n) is 4.17. The molecular formula is C17H19ClN4O2. The molecule has 1 saturated carbocycles. The van der Waals surface area contributed by atoms with Crippen molar-refractivity contribution in [3.8, 4) is 0 Å². The number of fused-ring (bicyclic) bond motifs is 1. The van der Waals surface area contributed by atoms with E-state index in [0.717, 1.165) is 25.7 Å². The van der Waals surface area contributed by atoms with Crippen LogP contribution in [0.2, 0.25) is 5.02 Å². The van der Waals surface area contributed by atoms with Crippen molar-refractivity contribution in [3.63, 3.8) is 0 Å². The average molecular weight is 347 g/mol. The summed E-state index contributed by atoms with van der Waals surface area (Å²) in [4.78, 5) is 33.0. The molecule has 1 aromatic carbocycles. The fourth-order valence-electron chi connectivity index (χ4n) is 2.83. The quantitative estimate of drug-likeness (QED) is 0.882. The van der Waals surface area contributed by atoms with Gasteiger partial charge in [0.05, 0.1) is 11.0 Å². The highest BCUT2D eigenvalue weighted by Gasteiger charge is 2.24. The summed E-state index contributed by atoms with van der Waals surface area (Å²) in [7, 11) is 0. The molecule has 2 aromatic rings. The second kappa shape index (κ2) is 7.13. The van der Waals surface area contributed by atoms with Crippen molar-refractivity contribution in [2.75, 3.05) is 10.6 Å². The van der Waals surface area contributed by atoms with Gasteiger partial charge in [-0.1, -0.05) is 31.4 Å². The summed E-state index contributed by atoms with van der Waals surface area (Å²) in [5.74, 6) is 0.276. The van der Waals surface area contributed by atoms with Crippen LogP contribution >= 0.6 is 11.6 Å². The van der Waals surface area contributed by atoms with E-state index in [9.17, 15) is 9.59 Å². The molecule has 0 atom stereocenters. The van der Waals surface area contributed by atoms with E-state index in [-0.39, 0.29) is 29.4 Å². The predicted octanol–water partition coefficient (Wildman–Crippen LogP) is 3.76. The monoisotopic (exact) mass is 346 g/mol. The minimum absolute atomic E-state index is 0.00226. The topological polar surface area (TPSA) is 84.0 Å². The molecule has 7 heteroatoms. The molecule has 2 amide bonds. The van der Waals surface area contributed by atoms with Gasteiger partial charge in [0.2, 0.25) is 11.8 Å². The van der Waals surface area contributed by atoms with Gasteiger partial charge >= 0.3 is 0 Å². The zero-order chi connectivity index (χ0) is 17.1. The van der Waals surface area contributed by atoms with E-state index >= 15 is 0 Å². The number of nitrogens with zero attached hydrogens (tertiary/aromatic N) is 2. The number of rotatable bonds is 4. The van der Waals surface area contributed by atoms with Gasteiger partial charge in [-0.25, -0.2) is 9.97 Å². The molecular weight excluding hydrogens is 328 g/mol. The van der Waals surface area contributed by atoms with E-state index in [1.807, 2.05) is 0 Å². The third-order valence-corrected chi connectivity index (χ3v) is 4.41. The van der Waals surface area contributed by atoms with Crippen molar-refractivity contribution < 1.29 is 9.59 Å². The van der Waals surface area contributed by atoms with Gasteiger partial charge < -0.3 is 10.6 Å². The molecule has 126 valence electrons. The lowest BCUT2D eigenvalue weighted by Crippen LogP contribution is -2.23.